The third-order valence-electron chi connectivity index (χ3n) is 4.35. The molecule has 106 valence electrons. The highest BCUT2D eigenvalue weighted by molar-refractivity contribution is 6.01. The molecule has 3 N–H and O–H groups in total. The van der Waals surface area contributed by atoms with Crippen molar-refractivity contribution in [3.63, 3.8) is 0 Å². The lowest BCUT2D eigenvalue weighted by Gasteiger charge is -2.38. The smallest absolute Gasteiger partial charge is 0.270 e. The zero-order valence-electron chi connectivity index (χ0n) is 12.0. The van der Waals surface area contributed by atoms with Gasteiger partial charge in [0, 0.05) is 17.5 Å². The maximum absolute atomic E-state index is 12.8. The molecule has 0 radical (unpaired) electrons. The number of fused-ring (bicyclic) bond motifs is 1. The van der Waals surface area contributed by atoms with Crippen LogP contribution in [0, 0.1) is 0 Å². The van der Waals surface area contributed by atoms with Crippen LogP contribution < -0.4 is 5.73 Å². The SMILES string of the molecule is CC1CCCC(C)N1C(=O)c1cc2cccc(N)c2[nH]1. The molecule has 3 rings (SSSR count). The van der Waals surface area contributed by atoms with Gasteiger partial charge in [-0.2, -0.15) is 0 Å². The summed E-state index contributed by atoms with van der Waals surface area (Å²) >= 11 is 0. The molecule has 1 fully saturated rings. The van der Waals surface area contributed by atoms with Crippen LogP contribution in [0.5, 0.6) is 0 Å². The van der Waals surface area contributed by atoms with E-state index < -0.39 is 0 Å². The van der Waals surface area contributed by atoms with Crippen molar-refractivity contribution in [1.82, 2.24) is 9.88 Å². The number of likely N-dealkylation sites (tertiary alicyclic amines) is 1. The van der Waals surface area contributed by atoms with Gasteiger partial charge in [-0.3, -0.25) is 4.79 Å². The van der Waals surface area contributed by atoms with Crippen molar-refractivity contribution in [2.75, 3.05) is 5.73 Å². The Morgan fingerprint density at radius 3 is 2.65 bits per heavy atom. The number of H-pyrrole nitrogens is 1. The maximum Gasteiger partial charge on any atom is 0.270 e. The van der Waals surface area contributed by atoms with Crippen molar-refractivity contribution in [3.8, 4) is 0 Å². The van der Waals surface area contributed by atoms with Gasteiger partial charge in [0.05, 0.1) is 11.2 Å². The molecule has 4 heteroatoms. The summed E-state index contributed by atoms with van der Waals surface area (Å²) in [4.78, 5) is 17.9. The van der Waals surface area contributed by atoms with Crippen LogP contribution in [-0.2, 0) is 0 Å². The average Bonchev–Trinajstić information content (AvgIpc) is 2.84. The van der Waals surface area contributed by atoms with Crippen molar-refractivity contribution < 1.29 is 4.79 Å². The van der Waals surface area contributed by atoms with Gasteiger partial charge in [0.1, 0.15) is 5.69 Å². The number of benzene rings is 1. The lowest BCUT2D eigenvalue weighted by Crippen LogP contribution is -2.47. The number of carbonyl (C=O) groups is 1. The van der Waals surface area contributed by atoms with Gasteiger partial charge in [0.25, 0.3) is 5.91 Å². The fraction of sp³-hybridized carbons (Fsp3) is 0.438. The van der Waals surface area contributed by atoms with Gasteiger partial charge in [-0.25, -0.2) is 0 Å². The number of nitrogens with one attached hydrogen (secondary N) is 1. The second kappa shape index (κ2) is 4.85. The first kappa shape index (κ1) is 13.0. The minimum atomic E-state index is 0.0836. The Balaban J connectivity index is 1.97. The highest BCUT2D eigenvalue weighted by Crippen LogP contribution is 2.27. The van der Waals surface area contributed by atoms with Crippen LogP contribution in [0.3, 0.4) is 0 Å². The number of nitrogens with two attached hydrogens (primary N) is 1. The van der Waals surface area contributed by atoms with E-state index in [1.165, 1.54) is 6.42 Å². The number of nitrogen functional groups attached to an aromatic ring is 1. The molecule has 1 aliphatic rings. The van der Waals surface area contributed by atoms with Gasteiger partial charge in [-0.15, -0.1) is 0 Å². The van der Waals surface area contributed by atoms with Crippen LogP contribution in [0.1, 0.15) is 43.6 Å². The normalized spacial score (nSPS) is 23.2. The van der Waals surface area contributed by atoms with Crippen LogP contribution in [0.2, 0.25) is 0 Å². The fourth-order valence-corrected chi connectivity index (χ4v) is 3.26. The van der Waals surface area contributed by atoms with Gasteiger partial charge < -0.3 is 15.6 Å². The Labute approximate surface area is 118 Å². The summed E-state index contributed by atoms with van der Waals surface area (Å²) in [6.45, 7) is 4.26. The van der Waals surface area contributed by atoms with E-state index in [0.29, 0.717) is 23.5 Å². The van der Waals surface area contributed by atoms with Crippen molar-refractivity contribution in [1.29, 1.82) is 0 Å². The first-order chi connectivity index (χ1) is 9.58. The monoisotopic (exact) mass is 271 g/mol. The molecule has 1 aromatic heterocycles. The third kappa shape index (κ3) is 2.05. The molecule has 0 spiro atoms. The molecule has 1 aromatic carbocycles. The number of rotatable bonds is 1. The summed E-state index contributed by atoms with van der Waals surface area (Å²) in [6.07, 6.45) is 3.36. The molecule has 1 saturated heterocycles. The molecule has 20 heavy (non-hydrogen) atoms. The van der Waals surface area contributed by atoms with Crippen LogP contribution in [-0.4, -0.2) is 27.9 Å². The summed E-state index contributed by atoms with van der Waals surface area (Å²) in [7, 11) is 0. The van der Waals surface area contributed by atoms with E-state index in [2.05, 4.69) is 18.8 Å². The van der Waals surface area contributed by atoms with Crippen LogP contribution in [0.4, 0.5) is 5.69 Å². The van der Waals surface area contributed by atoms with E-state index in [0.717, 1.165) is 23.7 Å². The van der Waals surface area contributed by atoms with Crippen molar-refractivity contribution in [2.45, 2.75) is 45.2 Å². The zero-order chi connectivity index (χ0) is 14.3. The van der Waals surface area contributed by atoms with E-state index in [1.54, 1.807) is 0 Å². The number of aromatic nitrogens is 1. The third-order valence-corrected chi connectivity index (χ3v) is 4.35. The average molecular weight is 271 g/mol. The van der Waals surface area contributed by atoms with Crippen LogP contribution in [0.15, 0.2) is 24.3 Å². The number of amides is 1. The number of nitrogens with zero attached hydrogens (tertiary/aromatic N) is 1. The van der Waals surface area contributed by atoms with E-state index in [4.69, 9.17) is 5.73 Å². The predicted octanol–water partition coefficient (Wildman–Crippen LogP) is 3.15. The Hall–Kier alpha value is -1.97. The fourth-order valence-electron chi connectivity index (χ4n) is 3.26. The molecular formula is C16H21N3O. The van der Waals surface area contributed by atoms with Gasteiger partial charge in [-0.1, -0.05) is 12.1 Å². The van der Waals surface area contributed by atoms with Crippen molar-refractivity contribution in [2.24, 2.45) is 0 Å². The molecule has 1 aliphatic heterocycles. The maximum atomic E-state index is 12.8. The minimum absolute atomic E-state index is 0.0836. The highest BCUT2D eigenvalue weighted by Gasteiger charge is 2.30. The molecule has 2 aromatic rings. The molecule has 2 unspecified atom stereocenters. The Kier molecular flexibility index (Phi) is 3.16. The number of hydrogen-bond donors (Lipinski definition) is 2. The number of carbonyl (C=O) groups excluding carboxylic acids is 1. The number of para-hydroxylation sites is 1. The lowest BCUT2D eigenvalue weighted by molar-refractivity contribution is 0.0505. The Morgan fingerprint density at radius 2 is 2.00 bits per heavy atom. The molecule has 2 atom stereocenters. The predicted molar refractivity (Wildman–Crippen MR) is 81.7 cm³/mol. The summed E-state index contributed by atoms with van der Waals surface area (Å²) in [6, 6.07) is 8.24. The van der Waals surface area contributed by atoms with Crippen LogP contribution in [0.25, 0.3) is 10.9 Å². The second-order valence-corrected chi connectivity index (χ2v) is 5.84. The molecule has 0 bridgehead atoms. The molecular weight excluding hydrogens is 250 g/mol. The lowest BCUT2D eigenvalue weighted by atomic mass is 9.97. The van der Waals surface area contributed by atoms with Crippen molar-refractivity contribution >= 4 is 22.5 Å². The highest BCUT2D eigenvalue weighted by atomic mass is 16.2. The quantitative estimate of drug-likeness (QED) is 0.783. The van der Waals surface area contributed by atoms with Crippen LogP contribution >= 0.6 is 0 Å². The summed E-state index contributed by atoms with van der Waals surface area (Å²) in [5.74, 6) is 0.0836. The zero-order valence-corrected chi connectivity index (χ0v) is 12.0. The summed E-state index contributed by atoms with van der Waals surface area (Å²) in [5, 5.41) is 0.991. The standard InChI is InChI=1S/C16H21N3O/c1-10-5-3-6-11(2)19(10)16(20)14-9-12-7-4-8-13(17)15(12)18-14/h4,7-11,18H,3,5-6,17H2,1-2H3. The topological polar surface area (TPSA) is 62.1 Å². The van der Waals surface area contributed by atoms with Crippen molar-refractivity contribution in [3.05, 3.63) is 30.0 Å². The van der Waals surface area contributed by atoms with Gasteiger partial charge >= 0.3 is 0 Å². The Bertz CT molecular complexity index is 636. The second-order valence-electron chi connectivity index (χ2n) is 5.84. The number of aromatic amines is 1. The molecule has 4 nitrogen and oxygen atoms in total. The first-order valence-electron chi connectivity index (χ1n) is 7.28. The Morgan fingerprint density at radius 1 is 1.30 bits per heavy atom. The van der Waals surface area contributed by atoms with E-state index in [1.807, 2.05) is 29.2 Å². The molecule has 1 amide bonds. The number of hydrogen-bond acceptors (Lipinski definition) is 2. The molecule has 0 aliphatic carbocycles. The number of piperidine rings is 1. The summed E-state index contributed by atoms with van der Waals surface area (Å²) in [5.41, 5.74) is 8.12. The summed E-state index contributed by atoms with van der Waals surface area (Å²) < 4.78 is 0. The van der Waals surface area contributed by atoms with Gasteiger partial charge in [-0.05, 0) is 45.2 Å². The van der Waals surface area contributed by atoms with E-state index in [9.17, 15) is 4.79 Å². The van der Waals surface area contributed by atoms with Gasteiger partial charge in [0.2, 0.25) is 0 Å². The minimum Gasteiger partial charge on any atom is -0.397 e. The number of anilines is 1. The largest absolute Gasteiger partial charge is 0.397 e. The molecule has 2 heterocycles. The van der Waals surface area contributed by atoms with E-state index >= 15 is 0 Å². The van der Waals surface area contributed by atoms with E-state index in [-0.39, 0.29) is 5.91 Å². The first-order valence-corrected chi connectivity index (χ1v) is 7.28. The molecule has 0 saturated carbocycles. The van der Waals surface area contributed by atoms with Gasteiger partial charge in [0.15, 0.2) is 0 Å².